The Hall–Kier alpha value is -2.45. The summed E-state index contributed by atoms with van der Waals surface area (Å²) in [4.78, 5) is 2.77. The first-order chi connectivity index (χ1) is 11.6. The zero-order valence-corrected chi connectivity index (χ0v) is 14.1. The second-order valence-electron chi connectivity index (χ2n) is 6.20. The van der Waals surface area contributed by atoms with Gasteiger partial charge in [0.1, 0.15) is 10.8 Å². The van der Waals surface area contributed by atoms with Gasteiger partial charge in [0.05, 0.1) is 17.2 Å². The Bertz CT molecular complexity index is 775. The zero-order valence-electron chi connectivity index (χ0n) is 13.3. The summed E-state index contributed by atoms with van der Waals surface area (Å²) in [5.74, 6) is 2.78. The van der Waals surface area contributed by atoms with E-state index >= 15 is 0 Å². The summed E-state index contributed by atoms with van der Waals surface area (Å²) >= 11 is 5.32. The predicted octanol–water partition coefficient (Wildman–Crippen LogP) is 2.07. The van der Waals surface area contributed by atoms with Crippen LogP contribution in [0.15, 0.2) is 47.3 Å². The number of rotatable bonds is 2. The van der Waals surface area contributed by atoms with Crippen LogP contribution in [-0.4, -0.2) is 28.8 Å². The van der Waals surface area contributed by atoms with Gasteiger partial charge in [-0.3, -0.25) is 10.3 Å². The molecule has 0 radical (unpaired) electrons. The summed E-state index contributed by atoms with van der Waals surface area (Å²) in [6.45, 7) is 2.52. The molecule has 2 aliphatic heterocycles. The van der Waals surface area contributed by atoms with Gasteiger partial charge in [-0.15, -0.1) is 0 Å². The van der Waals surface area contributed by atoms with Crippen LogP contribution in [0.3, 0.4) is 0 Å². The predicted molar refractivity (Wildman–Crippen MR) is 97.2 cm³/mol. The summed E-state index contributed by atoms with van der Waals surface area (Å²) in [5.41, 5.74) is 7.78. The molecule has 0 unspecified atom stereocenters. The van der Waals surface area contributed by atoms with E-state index in [0.29, 0.717) is 34.8 Å². The monoisotopic (exact) mass is 337 g/mol. The fourth-order valence-corrected chi connectivity index (χ4v) is 3.98. The van der Waals surface area contributed by atoms with Crippen molar-refractivity contribution >= 4 is 23.1 Å². The van der Waals surface area contributed by atoms with Gasteiger partial charge in [0.25, 0.3) is 0 Å². The van der Waals surface area contributed by atoms with E-state index in [4.69, 9.17) is 23.4 Å². The first kappa shape index (κ1) is 16.4. The lowest BCUT2D eigenvalue weighted by atomic mass is 9.66. The summed E-state index contributed by atoms with van der Waals surface area (Å²) in [7, 11) is 0. The quantitative estimate of drug-likeness (QED) is 0.437. The first-order valence-electron chi connectivity index (χ1n) is 7.89. The van der Waals surface area contributed by atoms with Crippen molar-refractivity contribution in [3.63, 3.8) is 0 Å². The third-order valence-corrected chi connectivity index (χ3v) is 5.20. The van der Waals surface area contributed by atoms with Crippen molar-refractivity contribution in [1.82, 2.24) is 10.2 Å². The van der Waals surface area contributed by atoms with Gasteiger partial charge < -0.3 is 11.1 Å². The van der Waals surface area contributed by atoms with E-state index in [1.165, 1.54) is 5.56 Å². The Kier molecular flexibility index (Phi) is 4.50. The van der Waals surface area contributed by atoms with Gasteiger partial charge in [-0.1, -0.05) is 42.5 Å². The molecule has 1 spiro atoms. The van der Waals surface area contributed by atoms with Crippen molar-refractivity contribution in [3.05, 3.63) is 52.9 Å². The molecule has 2 aliphatic rings. The summed E-state index contributed by atoms with van der Waals surface area (Å²) in [5, 5.41) is 20.1. The molecule has 1 aromatic rings. The van der Waals surface area contributed by atoms with Gasteiger partial charge in [0, 0.05) is 12.0 Å². The molecule has 1 aromatic carbocycles. The largest absolute Gasteiger partial charge is 0.384 e. The van der Waals surface area contributed by atoms with E-state index in [9.17, 15) is 5.26 Å². The van der Waals surface area contributed by atoms with Gasteiger partial charge in [0.15, 0.2) is 0 Å². The lowest BCUT2D eigenvalue weighted by Crippen LogP contribution is -2.50. The number of thiocarbonyl (C=S) groups is 1. The van der Waals surface area contributed by atoms with Crippen molar-refractivity contribution in [2.24, 2.45) is 11.1 Å². The van der Waals surface area contributed by atoms with Crippen LogP contribution in [0.25, 0.3) is 0 Å². The van der Waals surface area contributed by atoms with Crippen molar-refractivity contribution in [2.75, 3.05) is 13.1 Å². The highest BCUT2D eigenvalue weighted by molar-refractivity contribution is 7.80. The van der Waals surface area contributed by atoms with E-state index < -0.39 is 5.41 Å². The van der Waals surface area contributed by atoms with Crippen LogP contribution in [0.1, 0.15) is 18.4 Å². The Morgan fingerprint density at radius 3 is 2.54 bits per heavy atom. The molecule has 24 heavy (non-hydrogen) atoms. The van der Waals surface area contributed by atoms with Crippen molar-refractivity contribution in [2.45, 2.75) is 19.4 Å². The Morgan fingerprint density at radius 1 is 1.29 bits per heavy atom. The highest BCUT2D eigenvalue weighted by Gasteiger charge is 2.47. The summed E-state index contributed by atoms with van der Waals surface area (Å²) in [6, 6.07) is 12.6. The molecule has 0 aliphatic carbocycles. The maximum absolute atomic E-state index is 9.59. The molecule has 0 aromatic heterocycles. The molecule has 5 nitrogen and oxygen atoms in total. The molecule has 4 N–H and O–H groups in total. The highest BCUT2D eigenvalue weighted by atomic mass is 32.1. The summed E-state index contributed by atoms with van der Waals surface area (Å²) < 4.78 is 0. The number of likely N-dealkylation sites (tertiary alicyclic amines) is 1. The molecule has 0 atom stereocenters. The van der Waals surface area contributed by atoms with Crippen LogP contribution in [0, 0.1) is 22.2 Å². The first-order valence-corrected chi connectivity index (χ1v) is 8.29. The van der Waals surface area contributed by atoms with Crippen LogP contribution >= 0.6 is 12.2 Å². The molecular weight excluding hydrogens is 318 g/mol. The van der Waals surface area contributed by atoms with Gasteiger partial charge in [-0.25, -0.2) is 0 Å². The topological polar surface area (TPSA) is 88.9 Å². The van der Waals surface area contributed by atoms with Gasteiger partial charge in [-0.05, 0) is 37.4 Å². The number of nitriles is 1. The van der Waals surface area contributed by atoms with Crippen molar-refractivity contribution in [1.29, 1.82) is 10.7 Å². The standard InChI is InChI=1S/C18H19N5S/c19-10-14-16(21)22-17(24)15(11-20)18(14)6-8-23(9-7-18)12-13-4-2-1-3-5-13/h1-5,20H,6-9,12,21H2,(H,22,24). The normalized spacial score (nSPS) is 20.5. The minimum Gasteiger partial charge on any atom is -0.384 e. The molecule has 0 saturated carbocycles. The van der Waals surface area contributed by atoms with Crippen molar-refractivity contribution in [3.8, 4) is 6.07 Å². The number of allylic oxidation sites excluding steroid dienone is 1. The minimum absolute atomic E-state index is 0.318. The zero-order chi connectivity index (χ0) is 17.2. The lowest BCUT2D eigenvalue weighted by Gasteiger charge is -2.44. The van der Waals surface area contributed by atoms with Crippen LogP contribution < -0.4 is 11.1 Å². The van der Waals surface area contributed by atoms with Gasteiger partial charge in [-0.2, -0.15) is 5.26 Å². The maximum Gasteiger partial charge on any atom is 0.118 e. The molecule has 2 heterocycles. The number of hydrogen-bond donors (Lipinski definition) is 3. The molecule has 1 saturated heterocycles. The number of nitrogens with two attached hydrogens (primary N) is 1. The second-order valence-corrected chi connectivity index (χ2v) is 6.61. The average Bonchev–Trinajstić information content (AvgIpc) is 2.58. The van der Waals surface area contributed by atoms with Crippen LogP contribution in [0.4, 0.5) is 0 Å². The SMILES string of the molecule is N#CC1=C(N)NC(=S)C(=C=N)C12CCN(Cc1ccccc1)CC2. The van der Waals surface area contributed by atoms with Crippen LogP contribution in [0.5, 0.6) is 0 Å². The smallest absolute Gasteiger partial charge is 0.118 e. The molecule has 122 valence electrons. The molecule has 6 heteroatoms. The van der Waals surface area contributed by atoms with E-state index in [1.54, 1.807) is 0 Å². The van der Waals surface area contributed by atoms with E-state index in [1.807, 2.05) is 18.2 Å². The molecule has 0 amide bonds. The second kappa shape index (κ2) is 6.58. The Labute approximate surface area is 147 Å². The summed E-state index contributed by atoms with van der Waals surface area (Å²) in [6.07, 6.45) is 1.43. The molecule has 1 fully saturated rings. The third-order valence-electron chi connectivity index (χ3n) is 4.90. The highest BCUT2D eigenvalue weighted by Crippen LogP contribution is 2.46. The van der Waals surface area contributed by atoms with Crippen LogP contribution in [0.2, 0.25) is 0 Å². The fraction of sp³-hybridized carbons (Fsp3) is 0.333. The number of nitrogens with zero attached hydrogens (tertiary/aromatic N) is 2. The Morgan fingerprint density at radius 2 is 1.96 bits per heavy atom. The van der Waals surface area contributed by atoms with Crippen molar-refractivity contribution < 1.29 is 0 Å². The van der Waals surface area contributed by atoms with Gasteiger partial charge >= 0.3 is 0 Å². The lowest BCUT2D eigenvalue weighted by molar-refractivity contribution is 0.153. The Balaban J connectivity index is 1.84. The van der Waals surface area contributed by atoms with Crippen LogP contribution in [-0.2, 0) is 6.54 Å². The van der Waals surface area contributed by atoms with Gasteiger partial charge in [0.2, 0.25) is 0 Å². The number of nitrogens with one attached hydrogen (secondary N) is 2. The number of piperidine rings is 1. The van der Waals surface area contributed by atoms with E-state index in [2.05, 4.69) is 34.3 Å². The fourth-order valence-electron chi connectivity index (χ4n) is 3.63. The third kappa shape index (κ3) is 2.74. The van der Waals surface area contributed by atoms with E-state index in [0.717, 1.165) is 19.6 Å². The van der Waals surface area contributed by atoms with E-state index in [-0.39, 0.29) is 0 Å². The maximum atomic E-state index is 9.59. The molecular formula is C18H19N5S. The number of benzene rings is 1. The minimum atomic E-state index is -0.573. The molecule has 3 rings (SSSR count). The average molecular weight is 337 g/mol. The molecule has 0 bridgehead atoms. The number of hydrogen-bond acceptors (Lipinski definition) is 5.